The predicted octanol–water partition coefficient (Wildman–Crippen LogP) is 6.06. The molecule has 36 heavy (non-hydrogen) atoms. The monoisotopic (exact) mass is 483 g/mol. The van der Waals surface area contributed by atoms with Gasteiger partial charge in [-0.2, -0.15) is 9.97 Å². The Hall–Kier alpha value is -3.87. The zero-order valence-corrected chi connectivity index (χ0v) is 22.0. The lowest BCUT2D eigenvalue weighted by Crippen LogP contribution is -2.26. The van der Waals surface area contributed by atoms with E-state index in [0.29, 0.717) is 24.0 Å². The molecule has 0 aliphatic rings. The van der Waals surface area contributed by atoms with Crippen LogP contribution < -0.4 is 9.64 Å². The number of anilines is 2. The smallest absolute Gasteiger partial charge is 0.320 e. The van der Waals surface area contributed by atoms with Crippen LogP contribution in [0.5, 0.6) is 6.01 Å². The third kappa shape index (κ3) is 5.05. The van der Waals surface area contributed by atoms with Gasteiger partial charge in [-0.15, -0.1) is 0 Å². The highest BCUT2D eigenvalue weighted by molar-refractivity contribution is 5.91. The van der Waals surface area contributed by atoms with Gasteiger partial charge in [-0.25, -0.2) is 4.98 Å². The van der Waals surface area contributed by atoms with Gasteiger partial charge < -0.3 is 9.64 Å². The molecule has 1 aromatic carbocycles. The number of hydrogen-bond acceptors (Lipinski definition) is 7. The lowest BCUT2D eigenvalue weighted by molar-refractivity contribution is -0.121. The van der Waals surface area contributed by atoms with Crippen LogP contribution in [0.15, 0.2) is 54.7 Å². The van der Waals surface area contributed by atoms with Crippen molar-refractivity contribution in [3.8, 4) is 17.4 Å². The fraction of sp³-hybridized carbons (Fsp3) is 0.345. The van der Waals surface area contributed by atoms with E-state index >= 15 is 0 Å². The summed E-state index contributed by atoms with van der Waals surface area (Å²) in [4.78, 5) is 32.8. The molecule has 4 aromatic rings. The third-order valence-corrected chi connectivity index (χ3v) is 6.49. The van der Waals surface area contributed by atoms with E-state index in [-0.39, 0.29) is 11.8 Å². The maximum Gasteiger partial charge on any atom is 0.320 e. The van der Waals surface area contributed by atoms with Gasteiger partial charge in [0.05, 0.1) is 23.4 Å². The largest absolute Gasteiger partial charge is 0.463 e. The number of hydrogen-bond donors (Lipinski definition) is 0. The Bertz CT molecular complexity index is 1400. The van der Waals surface area contributed by atoms with Gasteiger partial charge in [-0.3, -0.25) is 9.78 Å². The number of ether oxygens (including phenoxy) is 1. The first-order valence-electron chi connectivity index (χ1n) is 12.2. The maximum atomic E-state index is 12.1. The molecule has 7 nitrogen and oxygen atoms in total. The Labute approximate surface area is 212 Å². The quantitative estimate of drug-likeness (QED) is 0.301. The second-order valence-corrected chi connectivity index (χ2v) is 10.1. The molecular weight excluding hydrogens is 450 g/mol. The molecule has 0 bridgehead atoms. The molecule has 0 saturated carbocycles. The summed E-state index contributed by atoms with van der Waals surface area (Å²) in [5.74, 6) is 1.15. The summed E-state index contributed by atoms with van der Waals surface area (Å²) >= 11 is 0. The summed E-state index contributed by atoms with van der Waals surface area (Å²) in [6.07, 6.45) is 1.77. The fourth-order valence-corrected chi connectivity index (χ4v) is 3.85. The molecule has 7 heteroatoms. The van der Waals surface area contributed by atoms with Gasteiger partial charge in [0.1, 0.15) is 11.6 Å². The average molecular weight is 484 g/mol. The molecule has 0 aliphatic carbocycles. The minimum atomic E-state index is -0.541. The van der Waals surface area contributed by atoms with Crippen LogP contribution in [-0.4, -0.2) is 39.4 Å². The third-order valence-electron chi connectivity index (χ3n) is 6.49. The molecule has 0 N–H and O–H groups in total. The number of ketones is 1. The molecule has 3 heterocycles. The predicted molar refractivity (Wildman–Crippen MR) is 144 cm³/mol. The molecular formula is C29H33N5O2. The van der Waals surface area contributed by atoms with Gasteiger partial charge in [-0.05, 0) is 75.1 Å². The van der Waals surface area contributed by atoms with Crippen molar-refractivity contribution in [3.05, 3.63) is 65.9 Å². The van der Waals surface area contributed by atoms with Crippen LogP contribution in [0.3, 0.4) is 0 Å². The summed E-state index contributed by atoms with van der Waals surface area (Å²) in [7, 11) is 1.95. The van der Waals surface area contributed by atoms with Gasteiger partial charge in [0.2, 0.25) is 0 Å². The van der Waals surface area contributed by atoms with Crippen LogP contribution in [-0.2, 0) is 10.2 Å². The number of aromatic nitrogens is 4. The number of carbonyl (C=O) groups excluding carboxylic acids is 1. The standard InChI is InChI=1S/C29H33N5O2/c1-18(2)17-36-28-32-26-23(14-15-24(31-26)25-19(3)9-8-16-30-25)27(33-28)34(7)22-12-10-21(11-13-22)29(5,6)20(4)35/h8-16,18H,17H2,1-7H3. The molecule has 0 fully saturated rings. The van der Waals surface area contributed by atoms with Crippen molar-refractivity contribution >= 4 is 28.3 Å². The van der Waals surface area contributed by atoms with Crippen molar-refractivity contribution in [2.75, 3.05) is 18.6 Å². The number of aryl methyl sites for hydroxylation is 1. The summed E-state index contributed by atoms with van der Waals surface area (Å²) in [5, 5.41) is 0.805. The molecule has 0 atom stereocenters. The summed E-state index contributed by atoms with van der Waals surface area (Å²) in [6.45, 7) is 12.2. The molecule has 3 aromatic heterocycles. The van der Waals surface area contributed by atoms with E-state index in [4.69, 9.17) is 14.7 Å². The highest BCUT2D eigenvalue weighted by Crippen LogP contribution is 2.33. The highest BCUT2D eigenvalue weighted by atomic mass is 16.5. The van der Waals surface area contributed by atoms with Gasteiger partial charge in [0.15, 0.2) is 5.65 Å². The van der Waals surface area contributed by atoms with E-state index in [2.05, 4.69) is 23.8 Å². The molecule has 0 radical (unpaired) electrons. The molecule has 0 unspecified atom stereocenters. The van der Waals surface area contributed by atoms with Crippen molar-refractivity contribution < 1.29 is 9.53 Å². The fourth-order valence-electron chi connectivity index (χ4n) is 3.85. The SMILES string of the molecule is CC(=O)C(C)(C)c1ccc(N(C)c2nc(OCC(C)C)nc3nc(-c4ncccc4C)ccc23)cc1. The van der Waals surface area contributed by atoms with Crippen LogP contribution >= 0.6 is 0 Å². The number of rotatable bonds is 8. The van der Waals surface area contributed by atoms with Crippen LogP contribution in [0, 0.1) is 12.8 Å². The molecule has 0 amide bonds. The van der Waals surface area contributed by atoms with Crippen LogP contribution in [0.2, 0.25) is 0 Å². The number of carbonyl (C=O) groups is 1. The van der Waals surface area contributed by atoms with E-state index in [1.807, 2.05) is 81.2 Å². The van der Waals surface area contributed by atoms with Crippen LogP contribution in [0.25, 0.3) is 22.4 Å². The number of pyridine rings is 2. The van der Waals surface area contributed by atoms with E-state index in [1.165, 1.54) is 0 Å². The first-order chi connectivity index (χ1) is 17.1. The first kappa shape index (κ1) is 25.2. The van der Waals surface area contributed by atoms with E-state index in [9.17, 15) is 4.79 Å². The number of nitrogens with zero attached hydrogens (tertiary/aromatic N) is 5. The summed E-state index contributed by atoms with van der Waals surface area (Å²) < 4.78 is 5.92. The number of Topliss-reactive ketones (excluding diaryl/α,β-unsaturated/α-hetero) is 1. The van der Waals surface area contributed by atoms with Gasteiger partial charge in [0.25, 0.3) is 0 Å². The Kier molecular flexibility index (Phi) is 7.02. The molecule has 0 saturated heterocycles. The normalized spacial score (nSPS) is 11.7. The Morgan fingerprint density at radius 1 is 1.03 bits per heavy atom. The van der Waals surface area contributed by atoms with Crippen molar-refractivity contribution in [2.24, 2.45) is 5.92 Å². The van der Waals surface area contributed by atoms with Crippen molar-refractivity contribution in [1.29, 1.82) is 0 Å². The average Bonchev–Trinajstić information content (AvgIpc) is 2.86. The zero-order valence-electron chi connectivity index (χ0n) is 22.0. The van der Waals surface area contributed by atoms with Crippen molar-refractivity contribution in [2.45, 2.75) is 47.0 Å². The Morgan fingerprint density at radius 3 is 2.39 bits per heavy atom. The first-order valence-corrected chi connectivity index (χ1v) is 12.2. The second-order valence-electron chi connectivity index (χ2n) is 10.1. The van der Waals surface area contributed by atoms with Gasteiger partial charge >= 0.3 is 6.01 Å². The van der Waals surface area contributed by atoms with Gasteiger partial charge in [-0.1, -0.05) is 32.0 Å². The van der Waals surface area contributed by atoms with E-state index < -0.39 is 5.41 Å². The number of benzene rings is 1. The van der Waals surface area contributed by atoms with E-state index in [1.54, 1.807) is 13.1 Å². The van der Waals surface area contributed by atoms with Crippen molar-refractivity contribution in [3.63, 3.8) is 0 Å². The minimum absolute atomic E-state index is 0.127. The second kappa shape index (κ2) is 10.0. The summed E-state index contributed by atoms with van der Waals surface area (Å²) in [6, 6.07) is 16.1. The molecule has 0 aliphatic heterocycles. The van der Waals surface area contributed by atoms with E-state index in [0.717, 1.165) is 33.6 Å². The lowest BCUT2D eigenvalue weighted by Gasteiger charge is -2.24. The lowest BCUT2D eigenvalue weighted by atomic mass is 9.81. The number of fused-ring (bicyclic) bond motifs is 1. The Balaban J connectivity index is 1.79. The van der Waals surface area contributed by atoms with Crippen molar-refractivity contribution in [1.82, 2.24) is 19.9 Å². The molecule has 186 valence electrons. The Morgan fingerprint density at radius 2 is 1.75 bits per heavy atom. The summed E-state index contributed by atoms with van der Waals surface area (Å²) in [5.41, 5.74) is 4.51. The maximum absolute atomic E-state index is 12.1. The minimum Gasteiger partial charge on any atom is -0.463 e. The zero-order chi connectivity index (χ0) is 26.0. The highest BCUT2D eigenvalue weighted by Gasteiger charge is 2.26. The molecule has 0 spiro atoms. The van der Waals surface area contributed by atoms with Crippen LogP contribution in [0.4, 0.5) is 11.5 Å². The van der Waals surface area contributed by atoms with Gasteiger partial charge in [0, 0.05) is 24.3 Å². The topological polar surface area (TPSA) is 81.1 Å². The van der Waals surface area contributed by atoms with Crippen LogP contribution in [0.1, 0.15) is 45.7 Å². The molecule has 4 rings (SSSR count).